The summed E-state index contributed by atoms with van der Waals surface area (Å²) in [6.07, 6.45) is 8.08. The lowest BCUT2D eigenvalue weighted by molar-refractivity contribution is -0.00902. The van der Waals surface area contributed by atoms with Gasteiger partial charge in [-0.15, -0.1) is 0 Å². The summed E-state index contributed by atoms with van der Waals surface area (Å²) >= 11 is 6.02. The molecule has 0 radical (unpaired) electrons. The Labute approximate surface area is 173 Å². The molecule has 4 nitrogen and oxygen atoms in total. The highest BCUT2D eigenvalue weighted by Crippen LogP contribution is 2.34. The lowest BCUT2D eigenvalue weighted by Gasteiger charge is -2.43. The lowest BCUT2D eigenvalue weighted by atomic mass is 9.78. The van der Waals surface area contributed by atoms with Crippen molar-refractivity contribution in [1.29, 1.82) is 0 Å². The van der Waals surface area contributed by atoms with E-state index in [0.29, 0.717) is 12.0 Å². The van der Waals surface area contributed by atoms with Crippen LogP contribution in [0.1, 0.15) is 56.3 Å². The molecule has 2 heterocycles. The third-order valence-electron chi connectivity index (χ3n) is 6.31. The molecule has 1 aromatic carbocycles. The molecule has 2 aromatic rings. The molecule has 0 spiro atoms. The van der Waals surface area contributed by atoms with E-state index in [9.17, 15) is 5.11 Å². The van der Waals surface area contributed by atoms with E-state index in [1.54, 1.807) is 0 Å². The summed E-state index contributed by atoms with van der Waals surface area (Å²) in [5, 5.41) is 11.3. The summed E-state index contributed by atoms with van der Waals surface area (Å²) in [6.45, 7) is 3.95. The average molecular weight is 400 g/mol. The van der Waals surface area contributed by atoms with Crippen LogP contribution in [0.3, 0.4) is 0 Å². The van der Waals surface area contributed by atoms with Gasteiger partial charge in [-0.3, -0.25) is 4.90 Å². The molecule has 1 aliphatic carbocycles. The maximum Gasteiger partial charge on any atom is 0.159 e. The van der Waals surface area contributed by atoms with E-state index >= 15 is 0 Å². The molecule has 2 fully saturated rings. The Bertz CT molecular complexity index is 795. The van der Waals surface area contributed by atoms with E-state index < -0.39 is 0 Å². The average Bonchev–Trinajstić information content (AvgIpc) is 2.69. The number of aliphatic hydroxyl groups is 1. The summed E-state index contributed by atoms with van der Waals surface area (Å²) < 4.78 is 0. The standard InChI is InChI=1S/C23H30ClN3O/c1-16-14-19(26-23(25-16)17-9-11-18(24)12-10-17)15-27-13-5-4-7-21(27)20-6-2-3-8-22(20)28/h9-12,14,20-22,28H,2-8,13,15H2,1H3/t20-,21+,22+/m0/s1. The van der Waals surface area contributed by atoms with E-state index in [1.807, 2.05) is 31.2 Å². The zero-order valence-corrected chi connectivity index (χ0v) is 17.4. The van der Waals surface area contributed by atoms with Crippen molar-refractivity contribution in [1.82, 2.24) is 14.9 Å². The van der Waals surface area contributed by atoms with Crippen molar-refractivity contribution in [3.05, 3.63) is 46.7 Å². The van der Waals surface area contributed by atoms with Crippen molar-refractivity contribution in [2.24, 2.45) is 5.92 Å². The van der Waals surface area contributed by atoms with Gasteiger partial charge in [0.25, 0.3) is 0 Å². The van der Waals surface area contributed by atoms with Crippen molar-refractivity contribution in [2.75, 3.05) is 6.54 Å². The van der Waals surface area contributed by atoms with Crippen LogP contribution in [0, 0.1) is 12.8 Å². The van der Waals surface area contributed by atoms with Crippen LogP contribution in [0.2, 0.25) is 5.02 Å². The summed E-state index contributed by atoms with van der Waals surface area (Å²) in [5.41, 5.74) is 3.04. The van der Waals surface area contributed by atoms with Crippen LogP contribution >= 0.6 is 11.6 Å². The summed E-state index contributed by atoms with van der Waals surface area (Å²) in [4.78, 5) is 12.1. The number of hydrogen-bond donors (Lipinski definition) is 1. The van der Waals surface area contributed by atoms with Gasteiger partial charge in [-0.1, -0.05) is 30.9 Å². The van der Waals surface area contributed by atoms with Gasteiger partial charge in [-0.25, -0.2) is 9.97 Å². The Morgan fingerprint density at radius 2 is 1.79 bits per heavy atom. The van der Waals surface area contributed by atoms with Crippen LogP contribution in [0.25, 0.3) is 11.4 Å². The van der Waals surface area contributed by atoms with Crippen molar-refractivity contribution < 1.29 is 5.11 Å². The predicted octanol–water partition coefficient (Wildman–Crippen LogP) is 5.01. The maximum atomic E-state index is 10.6. The van der Waals surface area contributed by atoms with E-state index in [4.69, 9.17) is 16.6 Å². The van der Waals surface area contributed by atoms with Crippen molar-refractivity contribution >= 4 is 11.6 Å². The SMILES string of the molecule is Cc1cc(CN2CCCC[C@@H]2[C@@H]2CCCC[C@H]2O)nc(-c2ccc(Cl)cc2)n1. The number of hydrogen-bond acceptors (Lipinski definition) is 4. The maximum absolute atomic E-state index is 10.6. The highest BCUT2D eigenvalue weighted by Gasteiger charge is 2.35. The first-order chi connectivity index (χ1) is 13.6. The topological polar surface area (TPSA) is 49.2 Å². The molecule has 1 aromatic heterocycles. The molecule has 150 valence electrons. The zero-order chi connectivity index (χ0) is 19.5. The molecule has 0 amide bonds. The first kappa shape index (κ1) is 19.8. The minimum atomic E-state index is -0.142. The monoisotopic (exact) mass is 399 g/mol. The number of halogens is 1. The molecule has 28 heavy (non-hydrogen) atoms. The normalized spacial score (nSPS) is 26.3. The molecular formula is C23H30ClN3O. The molecule has 5 heteroatoms. The largest absolute Gasteiger partial charge is 0.393 e. The number of likely N-dealkylation sites (tertiary alicyclic amines) is 1. The smallest absolute Gasteiger partial charge is 0.159 e. The second-order valence-electron chi connectivity index (χ2n) is 8.38. The van der Waals surface area contributed by atoms with Crippen LogP contribution in [0.5, 0.6) is 0 Å². The summed E-state index contributed by atoms with van der Waals surface area (Å²) in [5.74, 6) is 1.17. The summed E-state index contributed by atoms with van der Waals surface area (Å²) in [6, 6.07) is 10.3. The van der Waals surface area contributed by atoms with Gasteiger partial charge in [-0.2, -0.15) is 0 Å². The number of aliphatic hydroxyl groups excluding tert-OH is 1. The van der Waals surface area contributed by atoms with Crippen LogP contribution < -0.4 is 0 Å². The third kappa shape index (κ3) is 4.56. The van der Waals surface area contributed by atoms with Crippen LogP contribution in [0.15, 0.2) is 30.3 Å². The molecule has 2 aliphatic rings. The Morgan fingerprint density at radius 1 is 1.04 bits per heavy atom. The Kier molecular flexibility index (Phi) is 6.29. The van der Waals surface area contributed by atoms with Gasteiger partial charge in [0.2, 0.25) is 0 Å². The number of rotatable bonds is 4. The Balaban J connectivity index is 1.55. The van der Waals surface area contributed by atoms with Gasteiger partial charge in [0.05, 0.1) is 11.8 Å². The zero-order valence-electron chi connectivity index (χ0n) is 16.6. The highest BCUT2D eigenvalue weighted by atomic mass is 35.5. The van der Waals surface area contributed by atoms with Crippen LogP contribution in [-0.4, -0.2) is 38.7 Å². The highest BCUT2D eigenvalue weighted by molar-refractivity contribution is 6.30. The van der Waals surface area contributed by atoms with Gasteiger partial charge in [0.15, 0.2) is 5.82 Å². The first-order valence-electron chi connectivity index (χ1n) is 10.6. The van der Waals surface area contributed by atoms with Gasteiger partial charge in [-0.05, 0) is 69.5 Å². The summed E-state index contributed by atoms with van der Waals surface area (Å²) in [7, 11) is 0. The molecule has 4 rings (SSSR count). The second-order valence-corrected chi connectivity index (χ2v) is 8.82. The number of benzene rings is 1. The minimum absolute atomic E-state index is 0.142. The van der Waals surface area contributed by atoms with E-state index in [-0.39, 0.29) is 6.10 Å². The van der Waals surface area contributed by atoms with E-state index in [2.05, 4.69) is 16.0 Å². The number of nitrogens with zero attached hydrogens (tertiary/aromatic N) is 3. The Hall–Kier alpha value is -1.49. The third-order valence-corrected chi connectivity index (χ3v) is 6.57. The number of aryl methyl sites for hydroxylation is 1. The van der Waals surface area contributed by atoms with Gasteiger partial charge in [0.1, 0.15) is 0 Å². The van der Waals surface area contributed by atoms with Gasteiger partial charge in [0, 0.05) is 34.8 Å². The van der Waals surface area contributed by atoms with E-state index in [0.717, 1.165) is 53.7 Å². The molecule has 0 unspecified atom stereocenters. The minimum Gasteiger partial charge on any atom is -0.393 e. The molecule has 1 N–H and O–H groups in total. The van der Waals surface area contributed by atoms with E-state index in [1.165, 1.54) is 32.1 Å². The fourth-order valence-corrected chi connectivity index (χ4v) is 5.06. The quantitative estimate of drug-likeness (QED) is 0.784. The molecule has 1 aliphatic heterocycles. The fraction of sp³-hybridized carbons (Fsp3) is 0.565. The van der Waals surface area contributed by atoms with Crippen LogP contribution in [-0.2, 0) is 6.54 Å². The van der Waals surface area contributed by atoms with Crippen molar-refractivity contribution in [3.8, 4) is 11.4 Å². The van der Waals surface area contributed by atoms with Crippen molar-refractivity contribution in [2.45, 2.75) is 70.6 Å². The molecule has 1 saturated heterocycles. The lowest BCUT2D eigenvalue weighted by Crippen LogP contribution is -2.48. The van der Waals surface area contributed by atoms with Crippen LogP contribution in [0.4, 0.5) is 0 Å². The van der Waals surface area contributed by atoms with Gasteiger partial charge < -0.3 is 5.11 Å². The molecule has 0 bridgehead atoms. The molecule has 1 saturated carbocycles. The van der Waals surface area contributed by atoms with Crippen molar-refractivity contribution in [3.63, 3.8) is 0 Å². The number of piperidine rings is 1. The molecule has 3 atom stereocenters. The predicted molar refractivity (Wildman–Crippen MR) is 113 cm³/mol. The molecular weight excluding hydrogens is 370 g/mol. The number of aromatic nitrogens is 2. The first-order valence-corrected chi connectivity index (χ1v) is 11.0. The van der Waals surface area contributed by atoms with Gasteiger partial charge >= 0.3 is 0 Å². The second kappa shape index (κ2) is 8.89. The fourth-order valence-electron chi connectivity index (χ4n) is 4.94. The Morgan fingerprint density at radius 3 is 2.57 bits per heavy atom.